The van der Waals surface area contributed by atoms with Gasteiger partial charge in [0.2, 0.25) is 0 Å². The third-order valence-electron chi connectivity index (χ3n) is 3.30. The standard InChI is InChI=1S/C15H17N5S/c1-2-20-14(9-16)18-19-15(20)21-10-12-8-7-11-5-3-4-6-13(11)17-12/h3-8H,2,9-10,16H2,1H3. The van der Waals surface area contributed by atoms with Crippen molar-refractivity contribution in [1.82, 2.24) is 19.7 Å². The molecule has 5 nitrogen and oxygen atoms in total. The Balaban J connectivity index is 1.78. The molecular formula is C15H17N5S. The lowest BCUT2D eigenvalue weighted by atomic mass is 10.2. The van der Waals surface area contributed by atoms with E-state index >= 15 is 0 Å². The van der Waals surface area contributed by atoms with Crippen LogP contribution in [0.25, 0.3) is 10.9 Å². The summed E-state index contributed by atoms with van der Waals surface area (Å²) in [5.74, 6) is 1.60. The summed E-state index contributed by atoms with van der Waals surface area (Å²) >= 11 is 1.64. The zero-order valence-corrected chi connectivity index (χ0v) is 12.7. The average Bonchev–Trinajstić information content (AvgIpc) is 2.94. The van der Waals surface area contributed by atoms with Crippen molar-refractivity contribution in [2.24, 2.45) is 5.73 Å². The maximum absolute atomic E-state index is 5.66. The first-order valence-corrected chi connectivity index (χ1v) is 7.90. The maximum Gasteiger partial charge on any atom is 0.191 e. The summed E-state index contributed by atoms with van der Waals surface area (Å²) in [4.78, 5) is 4.67. The van der Waals surface area contributed by atoms with Crippen molar-refractivity contribution in [2.45, 2.75) is 30.9 Å². The molecule has 0 aliphatic heterocycles. The lowest BCUT2D eigenvalue weighted by molar-refractivity contribution is 0.643. The highest BCUT2D eigenvalue weighted by molar-refractivity contribution is 7.98. The number of thioether (sulfide) groups is 1. The third kappa shape index (κ3) is 2.91. The molecule has 0 aliphatic carbocycles. The first-order valence-electron chi connectivity index (χ1n) is 6.91. The van der Waals surface area contributed by atoms with Crippen LogP contribution in [0.1, 0.15) is 18.4 Å². The van der Waals surface area contributed by atoms with Crippen molar-refractivity contribution in [3.05, 3.63) is 47.9 Å². The molecule has 2 aromatic heterocycles. The maximum atomic E-state index is 5.66. The minimum Gasteiger partial charge on any atom is -0.324 e. The fraction of sp³-hybridized carbons (Fsp3) is 0.267. The lowest BCUT2D eigenvalue weighted by Crippen LogP contribution is -2.08. The zero-order valence-electron chi connectivity index (χ0n) is 11.9. The van der Waals surface area contributed by atoms with Gasteiger partial charge in [0.1, 0.15) is 5.82 Å². The van der Waals surface area contributed by atoms with Crippen LogP contribution in [0.2, 0.25) is 0 Å². The number of para-hydroxylation sites is 1. The van der Waals surface area contributed by atoms with Crippen LogP contribution >= 0.6 is 11.8 Å². The first kappa shape index (κ1) is 14.0. The summed E-state index contributed by atoms with van der Waals surface area (Å²) in [5, 5.41) is 10.4. The Morgan fingerprint density at radius 2 is 2.00 bits per heavy atom. The van der Waals surface area contributed by atoms with Gasteiger partial charge in [-0.05, 0) is 19.1 Å². The molecule has 3 aromatic rings. The summed E-state index contributed by atoms with van der Waals surface area (Å²) in [6.07, 6.45) is 0. The predicted molar refractivity (Wildman–Crippen MR) is 84.9 cm³/mol. The van der Waals surface area contributed by atoms with E-state index in [1.54, 1.807) is 11.8 Å². The van der Waals surface area contributed by atoms with E-state index < -0.39 is 0 Å². The molecule has 0 saturated carbocycles. The van der Waals surface area contributed by atoms with Gasteiger partial charge in [-0.25, -0.2) is 0 Å². The number of hydrogen-bond acceptors (Lipinski definition) is 5. The van der Waals surface area contributed by atoms with Gasteiger partial charge in [-0.3, -0.25) is 4.98 Å². The Labute approximate surface area is 127 Å². The molecule has 0 amide bonds. The molecule has 1 aromatic carbocycles. The lowest BCUT2D eigenvalue weighted by Gasteiger charge is -2.06. The molecule has 0 bridgehead atoms. The van der Waals surface area contributed by atoms with Crippen molar-refractivity contribution in [3.8, 4) is 0 Å². The Morgan fingerprint density at radius 3 is 2.81 bits per heavy atom. The molecule has 2 heterocycles. The summed E-state index contributed by atoms with van der Waals surface area (Å²) in [6, 6.07) is 12.3. The van der Waals surface area contributed by atoms with Crippen molar-refractivity contribution < 1.29 is 0 Å². The van der Waals surface area contributed by atoms with Crippen LogP contribution in [0.3, 0.4) is 0 Å². The number of rotatable bonds is 5. The van der Waals surface area contributed by atoms with Gasteiger partial charge < -0.3 is 10.3 Å². The molecule has 21 heavy (non-hydrogen) atoms. The van der Waals surface area contributed by atoms with E-state index in [0.717, 1.165) is 39.9 Å². The summed E-state index contributed by atoms with van der Waals surface area (Å²) in [7, 11) is 0. The second kappa shape index (κ2) is 6.24. The average molecular weight is 299 g/mol. The monoisotopic (exact) mass is 299 g/mol. The normalized spacial score (nSPS) is 11.1. The fourth-order valence-corrected chi connectivity index (χ4v) is 3.15. The van der Waals surface area contributed by atoms with Crippen molar-refractivity contribution in [3.63, 3.8) is 0 Å². The Hall–Kier alpha value is -1.92. The van der Waals surface area contributed by atoms with Gasteiger partial charge in [0.05, 0.1) is 17.8 Å². The van der Waals surface area contributed by atoms with Crippen LogP contribution < -0.4 is 5.73 Å². The highest BCUT2D eigenvalue weighted by Gasteiger charge is 2.10. The first-order chi connectivity index (χ1) is 10.3. The zero-order chi connectivity index (χ0) is 14.7. The summed E-state index contributed by atoms with van der Waals surface area (Å²) in [5.41, 5.74) is 7.73. The number of pyridine rings is 1. The van der Waals surface area contributed by atoms with Crippen LogP contribution in [-0.2, 0) is 18.8 Å². The molecule has 3 rings (SSSR count). The molecule has 0 atom stereocenters. The van der Waals surface area contributed by atoms with E-state index in [2.05, 4.69) is 40.3 Å². The van der Waals surface area contributed by atoms with E-state index in [1.807, 2.05) is 22.8 Å². The van der Waals surface area contributed by atoms with Crippen LogP contribution in [0.5, 0.6) is 0 Å². The minimum atomic E-state index is 0.412. The molecule has 2 N–H and O–H groups in total. The topological polar surface area (TPSA) is 69.6 Å². The second-order valence-corrected chi connectivity index (χ2v) is 5.57. The Bertz CT molecular complexity index is 753. The van der Waals surface area contributed by atoms with Crippen LogP contribution in [0.15, 0.2) is 41.6 Å². The number of nitrogens with two attached hydrogens (primary N) is 1. The SMILES string of the molecule is CCn1c(CN)nnc1SCc1ccc2ccccc2n1. The van der Waals surface area contributed by atoms with E-state index in [4.69, 9.17) is 5.73 Å². The molecule has 0 fully saturated rings. The van der Waals surface area contributed by atoms with E-state index in [-0.39, 0.29) is 0 Å². The highest BCUT2D eigenvalue weighted by Crippen LogP contribution is 2.22. The largest absolute Gasteiger partial charge is 0.324 e. The molecule has 0 aliphatic rings. The Morgan fingerprint density at radius 1 is 1.14 bits per heavy atom. The van der Waals surface area contributed by atoms with Gasteiger partial charge in [-0.2, -0.15) is 0 Å². The minimum absolute atomic E-state index is 0.412. The van der Waals surface area contributed by atoms with Gasteiger partial charge in [-0.1, -0.05) is 36.0 Å². The van der Waals surface area contributed by atoms with Crippen LogP contribution in [0.4, 0.5) is 0 Å². The number of nitrogens with zero attached hydrogens (tertiary/aromatic N) is 4. The molecular weight excluding hydrogens is 282 g/mol. The quantitative estimate of drug-likeness (QED) is 0.733. The molecule has 0 saturated heterocycles. The second-order valence-electron chi connectivity index (χ2n) is 4.63. The van der Waals surface area contributed by atoms with E-state index in [9.17, 15) is 0 Å². The van der Waals surface area contributed by atoms with Gasteiger partial charge in [0, 0.05) is 17.7 Å². The summed E-state index contributed by atoms with van der Waals surface area (Å²) in [6.45, 7) is 3.31. The van der Waals surface area contributed by atoms with Gasteiger partial charge in [-0.15, -0.1) is 10.2 Å². The van der Waals surface area contributed by atoms with Crippen molar-refractivity contribution in [1.29, 1.82) is 0 Å². The molecule has 6 heteroatoms. The van der Waals surface area contributed by atoms with Gasteiger partial charge in [0.25, 0.3) is 0 Å². The van der Waals surface area contributed by atoms with Gasteiger partial charge >= 0.3 is 0 Å². The number of hydrogen-bond donors (Lipinski definition) is 1. The van der Waals surface area contributed by atoms with Crippen molar-refractivity contribution >= 4 is 22.7 Å². The summed E-state index contributed by atoms with van der Waals surface area (Å²) < 4.78 is 2.05. The number of fused-ring (bicyclic) bond motifs is 1. The number of benzene rings is 1. The molecule has 0 unspecified atom stereocenters. The molecule has 0 spiro atoms. The van der Waals surface area contributed by atoms with Crippen molar-refractivity contribution in [2.75, 3.05) is 0 Å². The molecule has 0 radical (unpaired) electrons. The van der Waals surface area contributed by atoms with Crippen LogP contribution in [0, 0.1) is 0 Å². The molecule has 108 valence electrons. The third-order valence-corrected chi connectivity index (χ3v) is 4.30. The van der Waals surface area contributed by atoms with E-state index in [1.165, 1.54) is 0 Å². The van der Waals surface area contributed by atoms with Gasteiger partial charge in [0.15, 0.2) is 5.16 Å². The Kier molecular flexibility index (Phi) is 4.17. The fourth-order valence-electron chi connectivity index (χ4n) is 2.22. The van der Waals surface area contributed by atoms with Crippen LogP contribution in [-0.4, -0.2) is 19.7 Å². The van der Waals surface area contributed by atoms with E-state index in [0.29, 0.717) is 6.54 Å². The predicted octanol–water partition coefficient (Wildman–Crippen LogP) is 2.60. The smallest absolute Gasteiger partial charge is 0.191 e. The highest BCUT2D eigenvalue weighted by atomic mass is 32.2. The number of aromatic nitrogens is 4.